The van der Waals surface area contributed by atoms with Crippen molar-refractivity contribution in [3.63, 3.8) is 0 Å². The van der Waals surface area contributed by atoms with Crippen molar-refractivity contribution in [2.45, 2.75) is 90.9 Å². The molecule has 1 saturated carbocycles. The lowest BCUT2D eigenvalue weighted by atomic mass is 9.78. The molecule has 0 spiro atoms. The highest BCUT2D eigenvalue weighted by molar-refractivity contribution is 5.60. The summed E-state index contributed by atoms with van der Waals surface area (Å²) in [6, 6.07) is 6.99. The van der Waals surface area contributed by atoms with Crippen LogP contribution in [0.1, 0.15) is 89.3 Å². The van der Waals surface area contributed by atoms with Gasteiger partial charge in [-0.2, -0.15) is 10.2 Å². The van der Waals surface area contributed by atoms with E-state index >= 15 is 0 Å². The van der Waals surface area contributed by atoms with Crippen molar-refractivity contribution in [3.8, 4) is 11.3 Å². The van der Waals surface area contributed by atoms with Gasteiger partial charge in [0.2, 0.25) is 0 Å². The number of rotatable bonds is 10. The number of aryl methyl sites for hydroxylation is 2. The Labute approximate surface area is 180 Å². The van der Waals surface area contributed by atoms with Gasteiger partial charge < -0.3 is 0 Å². The molecular formula is C26H36F2N2. The molecule has 0 saturated heterocycles. The van der Waals surface area contributed by atoms with Gasteiger partial charge in [0.25, 0.3) is 0 Å². The summed E-state index contributed by atoms with van der Waals surface area (Å²) in [6.07, 6.45) is 13.6. The van der Waals surface area contributed by atoms with E-state index in [1.165, 1.54) is 44.9 Å². The molecule has 1 aliphatic carbocycles. The first-order chi connectivity index (χ1) is 14.6. The van der Waals surface area contributed by atoms with E-state index < -0.39 is 11.6 Å². The lowest BCUT2D eigenvalue weighted by molar-refractivity contribution is 0.249. The summed E-state index contributed by atoms with van der Waals surface area (Å²) >= 11 is 0. The zero-order valence-corrected chi connectivity index (χ0v) is 18.6. The molecule has 1 heterocycles. The summed E-state index contributed by atoms with van der Waals surface area (Å²) in [5.41, 5.74) is 1.96. The number of hydrogen-bond acceptors (Lipinski definition) is 2. The van der Waals surface area contributed by atoms with Gasteiger partial charge in [-0.15, -0.1) is 0 Å². The highest BCUT2D eigenvalue weighted by atomic mass is 19.2. The van der Waals surface area contributed by atoms with Crippen LogP contribution in [0.25, 0.3) is 11.3 Å². The third kappa shape index (κ3) is 6.09. The number of hydrogen-bond donors (Lipinski definition) is 0. The zero-order chi connectivity index (χ0) is 21.3. The Morgan fingerprint density at radius 3 is 2.10 bits per heavy atom. The molecule has 0 amide bonds. The van der Waals surface area contributed by atoms with Crippen molar-refractivity contribution in [3.05, 3.63) is 47.2 Å². The van der Waals surface area contributed by atoms with E-state index in [1.807, 2.05) is 6.07 Å². The quantitative estimate of drug-likeness (QED) is 0.398. The Balaban J connectivity index is 1.57. The van der Waals surface area contributed by atoms with Crippen LogP contribution in [0.3, 0.4) is 0 Å². The molecule has 4 heteroatoms. The lowest BCUT2D eigenvalue weighted by Crippen LogP contribution is -2.15. The molecule has 2 nitrogen and oxygen atoms in total. The smallest absolute Gasteiger partial charge is 0.168 e. The van der Waals surface area contributed by atoms with Crippen LogP contribution in [0.2, 0.25) is 0 Å². The van der Waals surface area contributed by atoms with Crippen LogP contribution >= 0.6 is 0 Å². The summed E-state index contributed by atoms with van der Waals surface area (Å²) in [6.45, 7) is 4.37. The first-order valence-electron chi connectivity index (χ1n) is 11.9. The van der Waals surface area contributed by atoms with Crippen molar-refractivity contribution in [2.24, 2.45) is 11.8 Å². The van der Waals surface area contributed by atoms with E-state index in [0.29, 0.717) is 23.6 Å². The Kier molecular flexibility index (Phi) is 8.77. The average Bonchev–Trinajstić information content (AvgIpc) is 2.78. The SMILES string of the molecule is CCCCc1ccc(-c2ccc(CCC3CCC(CCCC)CC3)c(F)c2F)nn1. The summed E-state index contributed by atoms with van der Waals surface area (Å²) < 4.78 is 29.5. The molecule has 1 aromatic carbocycles. The van der Waals surface area contributed by atoms with E-state index in [1.54, 1.807) is 18.2 Å². The maximum absolute atomic E-state index is 14.7. The molecule has 3 rings (SSSR count). The summed E-state index contributed by atoms with van der Waals surface area (Å²) in [7, 11) is 0. The Morgan fingerprint density at radius 2 is 1.47 bits per heavy atom. The van der Waals surface area contributed by atoms with Crippen LogP contribution < -0.4 is 0 Å². The molecular weight excluding hydrogens is 378 g/mol. The van der Waals surface area contributed by atoms with Crippen LogP contribution in [-0.2, 0) is 12.8 Å². The number of unbranched alkanes of at least 4 members (excludes halogenated alkanes) is 2. The molecule has 0 aliphatic heterocycles. The Bertz CT molecular complexity index is 780. The standard InChI is InChI=1S/C26H36F2N2/c1-3-5-7-19-9-11-20(12-10-19)13-14-21-15-17-23(26(28)25(21)27)24-18-16-22(29-30-24)8-6-4-2/h15-20H,3-14H2,1-2H3. The summed E-state index contributed by atoms with van der Waals surface area (Å²) in [4.78, 5) is 0. The third-order valence-corrected chi connectivity index (χ3v) is 6.70. The van der Waals surface area contributed by atoms with Crippen LogP contribution in [-0.4, -0.2) is 10.2 Å². The van der Waals surface area contributed by atoms with E-state index in [0.717, 1.165) is 37.3 Å². The van der Waals surface area contributed by atoms with Gasteiger partial charge in [-0.25, -0.2) is 8.78 Å². The minimum atomic E-state index is -0.800. The predicted octanol–water partition coefficient (Wildman–Crippen LogP) is 7.69. The maximum Gasteiger partial charge on any atom is 0.168 e. The van der Waals surface area contributed by atoms with Crippen molar-refractivity contribution in [2.75, 3.05) is 0 Å². The molecule has 0 atom stereocenters. The minimum Gasteiger partial charge on any atom is -0.203 e. The number of benzene rings is 1. The zero-order valence-electron chi connectivity index (χ0n) is 18.6. The largest absolute Gasteiger partial charge is 0.203 e. The van der Waals surface area contributed by atoms with E-state index in [-0.39, 0.29) is 5.56 Å². The molecule has 1 fully saturated rings. The van der Waals surface area contributed by atoms with Crippen LogP contribution in [0.5, 0.6) is 0 Å². The number of halogens is 2. The highest BCUT2D eigenvalue weighted by Crippen LogP contribution is 2.35. The summed E-state index contributed by atoms with van der Waals surface area (Å²) in [5, 5.41) is 8.29. The van der Waals surface area contributed by atoms with Gasteiger partial charge in [0, 0.05) is 5.56 Å². The number of aromatic nitrogens is 2. The molecule has 1 aromatic heterocycles. The van der Waals surface area contributed by atoms with Gasteiger partial charge in [-0.3, -0.25) is 0 Å². The molecule has 0 radical (unpaired) electrons. The van der Waals surface area contributed by atoms with Gasteiger partial charge in [0.1, 0.15) is 0 Å². The fourth-order valence-electron chi connectivity index (χ4n) is 4.64. The fraction of sp³-hybridized carbons (Fsp3) is 0.615. The van der Waals surface area contributed by atoms with Crippen LogP contribution in [0, 0.1) is 23.5 Å². The van der Waals surface area contributed by atoms with Crippen molar-refractivity contribution < 1.29 is 8.78 Å². The second-order valence-electron chi connectivity index (χ2n) is 8.98. The molecule has 30 heavy (non-hydrogen) atoms. The van der Waals surface area contributed by atoms with Gasteiger partial charge in [-0.1, -0.05) is 71.3 Å². The van der Waals surface area contributed by atoms with Crippen LogP contribution in [0.15, 0.2) is 24.3 Å². The minimum absolute atomic E-state index is 0.197. The van der Waals surface area contributed by atoms with E-state index in [9.17, 15) is 8.78 Å². The molecule has 1 aliphatic rings. The highest BCUT2D eigenvalue weighted by Gasteiger charge is 2.22. The van der Waals surface area contributed by atoms with Gasteiger partial charge >= 0.3 is 0 Å². The second kappa shape index (κ2) is 11.5. The van der Waals surface area contributed by atoms with Crippen molar-refractivity contribution >= 4 is 0 Å². The fourth-order valence-corrected chi connectivity index (χ4v) is 4.64. The maximum atomic E-state index is 14.7. The third-order valence-electron chi connectivity index (χ3n) is 6.70. The van der Waals surface area contributed by atoms with E-state index in [2.05, 4.69) is 24.0 Å². The molecule has 0 bridgehead atoms. The topological polar surface area (TPSA) is 25.8 Å². The summed E-state index contributed by atoms with van der Waals surface area (Å²) in [5.74, 6) is 0.00283. The lowest BCUT2D eigenvalue weighted by Gasteiger charge is -2.28. The molecule has 0 N–H and O–H groups in total. The average molecular weight is 415 g/mol. The van der Waals surface area contributed by atoms with Crippen molar-refractivity contribution in [1.82, 2.24) is 10.2 Å². The van der Waals surface area contributed by atoms with Gasteiger partial charge in [0.05, 0.1) is 11.4 Å². The van der Waals surface area contributed by atoms with Gasteiger partial charge in [0.15, 0.2) is 11.6 Å². The Hall–Kier alpha value is -1.84. The van der Waals surface area contributed by atoms with Crippen molar-refractivity contribution in [1.29, 1.82) is 0 Å². The van der Waals surface area contributed by atoms with Crippen LogP contribution in [0.4, 0.5) is 8.78 Å². The number of nitrogens with zero attached hydrogens (tertiary/aromatic N) is 2. The first kappa shape index (κ1) is 22.8. The van der Waals surface area contributed by atoms with Gasteiger partial charge in [-0.05, 0) is 61.3 Å². The molecule has 0 unspecified atom stereocenters. The molecule has 2 aromatic rings. The first-order valence-corrected chi connectivity index (χ1v) is 11.9. The van der Waals surface area contributed by atoms with E-state index in [4.69, 9.17) is 0 Å². The Morgan fingerprint density at radius 1 is 0.767 bits per heavy atom. The monoisotopic (exact) mass is 414 g/mol. The normalized spacial score (nSPS) is 19.2. The molecule has 164 valence electrons. The second-order valence-corrected chi connectivity index (χ2v) is 8.98. The predicted molar refractivity (Wildman–Crippen MR) is 119 cm³/mol.